The highest BCUT2D eigenvalue weighted by atomic mass is 32.2. The summed E-state index contributed by atoms with van der Waals surface area (Å²) in [6.45, 7) is 0. The molecule has 5 nitrogen and oxygen atoms in total. The van der Waals surface area contributed by atoms with Gasteiger partial charge in [-0.2, -0.15) is 0 Å². The number of hydrogen-bond donors (Lipinski definition) is 1. The van der Waals surface area contributed by atoms with Gasteiger partial charge in [-0.25, -0.2) is 9.18 Å². The van der Waals surface area contributed by atoms with Crippen LogP contribution in [-0.2, 0) is 0 Å². The van der Waals surface area contributed by atoms with Crippen molar-refractivity contribution in [2.24, 2.45) is 0 Å². The molecule has 0 amide bonds. The lowest BCUT2D eigenvalue weighted by Crippen LogP contribution is -1.99. The lowest BCUT2D eigenvalue weighted by Gasteiger charge is -2.05. The Morgan fingerprint density at radius 2 is 1.90 bits per heavy atom. The topological polar surface area (TPSA) is 80.4 Å². The fourth-order valence-electron chi connectivity index (χ4n) is 1.53. The van der Waals surface area contributed by atoms with E-state index in [0.717, 1.165) is 17.8 Å². The van der Waals surface area contributed by atoms with Crippen LogP contribution in [0, 0.1) is 15.9 Å². The van der Waals surface area contributed by atoms with Crippen molar-refractivity contribution in [2.45, 2.75) is 9.79 Å². The molecule has 0 fully saturated rings. The Kier molecular flexibility index (Phi) is 3.99. The molecule has 2 aromatic rings. The van der Waals surface area contributed by atoms with Crippen LogP contribution >= 0.6 is 11.8 Å². The molecule has 0 saturated heterocycles. The predicted octanol–water partition coefficient (Wildman–Crippen LogP) is 3.58. The first-order valence-corrected chi connectivity index (χ1v) is 6.25. The van der Waals surface area contributed by atoms with Gasteiger partial charge in [-0.05, 0) is 24.3 Å². The number of carboxylic acids is 1. The molecule has 2 rings (SSSR count). The second-order valence-corrected chi connectivity index (χ2v) is 4.86. The van der Waals surface area contributed by atoms with Gasteiger partial charge < -0.3 is 5.11 Å². The molecular weight excluding hydrogens is 285 g/mol. The highest BCUT2D eigenvalue weighted by molar-refractivity contribution is 7.99. The molecule has 7 heteroatoms. The molecule has 0 spiro atoms. The van der Waals surface area contributed by atoms with E-state index in [1.54, 1.807) is 6.07 Å². The molecule has 102 valence electrons. The molecule has 0 bridgehead atoms. The maximum atomic E-state index is 13.5. The van der Waals surface area contributed by atoms with Gasteiger partial charge in [0.05, 0.1) is 15.4 Å². The van der Waals surface area contributed by atoms with Crippen molar-refractivity contribution >= 4 is 23.4 Å². The number of benzene rings is 2. The summed E-state index contributed by atoms with van der Waals surface area (Å²) < 4.78 is 13.5. The van der Waals surface area contributed by atoms with Crippen LogP contribution in [0.15, 0.2) is 52.3 Å². The van der Waals surface area contributed by atoms with E-state index in [4.69, 9.17) is 5.11 Å². The SMILES string of the molecule is O=C(O)c1ccc(Sc2ccccc2F)c([N+](=O)[O-])c1. The van der Waals surface area contributed by atoms with Crippen LogP contribution in [0.2, 0.25) is 0 Å². The maximum Gasteiger partial charge on any atom is 0.335 e. The van der Waals surface area contributed by atoms with Gasteiger partial charge in [0.1, 0.15) is 5.82 Å². The minimum absolute atomic E-state index is 0.185. The van der Waals surface area contributed by atoms with Gasteiger partial charge in [-0.15, -0.1) is 0 Å². The molecule has 0 aliphatic carbocycles. The number of hydrogen-bond acceptors (Lipinski definition) is 4. The number of nitro benzene ring substituents is 1. The van der Waals surface area contributed by atoms with Crippen LogP contribution in [0.1, 0.15) is 10.4 Å². The van der Waals surface area contributed by atoms with E-state index in [2.05, 4.69) is 0 Å². The molecular formula is C13H8FNO4S. The van der Waals surface area contributed by atoms with E-state index in [-0.39, 0.29) is 21.0 Å². The lowest BCUT2D eigenvalue weighted by molar-refractivity contribution is -0.387. The monoisotopic (exact) mass is 293 g/mol. The molecule has 0 radical (unpaired) electrons. The van der Waals surface area contributed by atoms with Crippen LogP contribution in [0.4, 0.5) is 10.1 Å². The molecule has 0 saturated carbocycles. The Morgan fingerprint density at radius 1 is 1.20 bits per heavy atom. The van der Waals surface area contributed by atoms with Crippen LogP contribution in [-0.4, -0.2) is 16.0 Å². The van der Waals surface area contributed by atoms with Gasteiger partial charge in [0.25, 0.3) is 5.69 Å². The van der Waals surface area contributed by atoms with Gasteiger partial charge >= 0.3 is 5.97 Å². The normalized spacial score (nSPS) is 10.2. The van der Waals surface area contributed by atoms with E-state index in [1.807, 2.05) is 0 Å². The molecule has 2 aromatic carbocycles. The molecule has 0 unspecified atom stereocenters. The van der Waals surface area contributed by atoms with Gasteiger partial charge in [0, 0.05) is 11.0 Å². The van der Waals surface area contributed by atoms with Crippen molar-refractivity contribution in [1.82, 2.24) is 0 Å². The number of halogens is 1. The third kappa shape index (κ3) is 2.94. The van der Waals surface area contributed by atoms with Gasteiger partial charge in [0.15, 0.2) is 0 Å². The van der Waals surface area contributed by atoms with Crippen molar-refractivity contribution < 1.29 is 19.2 Å². The summed E-state index contributed by atoms with van der Waals surface area (Å²) in [5, 5.41) is 19.8. The first-order valence-electron chi connectivity index (χ1n) is 5.43. The largest absolute Gasteiger partial charge is 0.478 e. The Balaban J connectivity index is 2.44. The predicted molar refractivity (Wildman–Crippen MR) is 70.6 cm³/mol. The second kappa shape index (κ2) is 5.70. The Labute approximate surface area is 117 Å². The smallest absolute Gasteiger partial charge is 0.335 e. The number of carboxylic acid groups (broad SMARTS) is 1. The van der Waals surface area contributed by atoms with Crippen molar-refractivity contribution in [3.8, 4) is 0 Å². The fourth-order valence-corrected chi connectivity index (χ4v) is 2.45. The lowest BCUT2D eigenvalue weighted by atomic mass is 10.2. The van der Waals surface area contributed by atoms with Crippen LogP contribution in [0.5, 0.6) is 0 Å². The third-order valence-corrected chi connectivity index (χ3v) is 3.58. The van der Waals surface area contributed by atoms with E-state index in [1.165, 1.54) is 30.3 Å². The zero-order valence-electron chi connectivity index (χ0n) is 9.95. The highest BCUT2D eigenvalue weighted by Gasteiger charge is 2.19. The van der Waals surface area contributed by atoms with Crippen molar-refractivity contribution in [3.63, 3.8) is 0 Å². The zero-order chi connectivity index (χ0) is 14.7. The molecule has 0 atom stereocenters. The summed E-state index contributed by atoms with van der Waals surface area (Å²) in [6, 6.07) is 9.39. The fraction of sp³-hybridized carbons (Fsp3) is 0. The molecule has 0 aliphatic heterocycles. The van der Waals surface area contributed by atoms with Crippen LogP contribution in [0.3, 0.4) is 0 Å². The van der Waals surface area contributed by atoms with Crippen LogP contribution in [0.25, 0.3) is 0 Å². The maximum absolute atomic E-state index is 13.5. The van der Waals surface area contributed by atoms with E-state index in [0.29, 0.717) is 0 Å². The summed E-state index contributed by atoms with van der Waals surface area (Å²) in [5.74, 6) is -1.75. The van der Waals surface area contributed by atoms with Gasteiger partial charge in [-0.1, -0.05) is 23.9 Å². The first-order chi connectivity index (χ1) is 9.49. The Hall–Kier alpha value is -2.41. The summed E-state index contributed by atoms with van der Waals surface area (Å²) in [7, 11) is 0. The summed E-state index contributed by atoms with van der Waals surface area (Å²) in [4.78, 5) is 21.5. The summed E-state index contributed by atoms with van der Waals surface area (Å²) >= 11 is 0.880. The standard InChI is InChI=1S/C13H8FNO4S/c14-9-3-1-2-4-11(9)20-12-6-5-8(13(16)17)7-10(12)15(18)19/h1-7H,(H,16,17). The summed E-state index contributed by atoms with van der Waals surface area (Å²) in [6.07, 6.45) is 0. The molecule has 0 aromatic heterocycles. The zero-order valence-corrected chi connectivity index (χ0v) is 10.8. The van der Waals surface area contributed by atoms with Gasteiger partial charge in [0.2, 0.25) is 0 Å². The average Bonchev–Trinajstić information content (AvgIpc) is 2.41. The number of nitro groups is 1. The van der Waals surface area contributed by atoms with E-state index < -0.39 is 16.7 Å². The van der Waals surface area contributed by atoms with Gasteiger partial charge in [-0.3, -0.25) is 10.1 Å². The second-order valence-electron chi connectivity index (χ2n) is 3.78. The van der Waals surface area contributed by atoms with Crippen molar-refractivity contribution in [1.29, 1.82) is 0 Å². The number of aromatic carboxylic acids is 1. The first kappa shape index (κ1) is 14.0. The Morgan fingerprint density at radius 3 is 2.50 bits per heavy atom. The summed E-state index contributed by atoms with van der Waals surface area (Å²) in [5.41, 5.74) is -0.548. The minimum Gasteiger partial charge on any atom is -0.478 e. The molecule has 0 aliphatic rings. The Bertz CT molecular complexity index is 690. The van der Waals surface area contributed by atoms with Crippen molar-refractivity contribution in [2.75, 3.05) is 0 Å². The molecule has 0 heterocycles. The third-order valence-electron chi connectivity index (χ3n) is 2.46. The minimum atomic E-state index is -1.25. The highest BCUT2D eigenvalue weighted by Crippen LogP contribution is 2.36. The van der Waals surface area contributed by atoms with E-state index in [9.17, 15) is 19.3 Å². The molecule has 20 heavy (non-hydrogen) atoms. The number of rotatable bonds is 4. The van der Waals surface area contributed by atoms with Crippen molar-refractivity contribution in [3.05, 3.63) is 64.0 Å². The quantitative estimate of drug-likeness (QED) is 0.688. The average molecular weight is 293 g/mol. The van der Waals surface area contributed by atoms with Crippen LogP contribution < -0.4 is 0 Å². The number of nitrogens with zero attached hydrogens (tertiary/aromatic N) is 1. The van der Waals surface area contributed by atoms with E-state index >= 15 is 0 Å². The molecule has 1 N–H and O–H groups in total. The number of carbonyl (C=O) groups is 1.